The van der Waals surface area contributed by atoms with E-state index in [0.29, 0.717) is 34.8 Å². The number of hydrogen-bond donors (Lipinski definition) is 1. The normalized spacial score (nSPS) is 10.6. The quantitative estimate of drug-likeness (QED) is 0.740. The molecular formula is C17H16N6O2. The first kappa shape index (κ1) is 16.4. The van der Waals surface area contributed by atoms with E-state index in [1.807, 2.05) is 6.92 Å². The zero-order valence-electron chi connectivity index (χ0n) is 14.1. The molecule has 8 heteroatoms. The van der Waals surface area contributed by atoms with Gasteiger partial charge in [0.25, 0.3) is 0 Å². The van der Waals surface area contributed by atoms with Crippen LogP contribution in [0.1, 0.15) is 23.1 Å². The summed E-state index contributed by atoms with van der Waals surface area (Å²) in [5.41, 5.74) is 3.10. The van der Waals surface area contributed by atoms with Crippen molar-refractivity contribution in [2.24, 2.45) is 14.1 Å². The second kappa shape index (κ2) is 6.20. The van der Waals surface area contributed by atoms with E-state index in [0.717, 1.165) is 5.56 Å². The van der Waals surface area contributed by atoms with Crippen molar-refractivity contribution in [2.45, 2.75) is 13.3 Å². The second-order valence-corrected chi connectivity index (χ2v) is 5.53. The van der Waals surface area contributed by atoms with Crippen LogP contribution in [0.2, 0.25) is 0 Å². The fraction of sp³-hybridized carbons (Fsp3) is 0.235. The molecule has 25 heavy (non-hydrogen) atoms. The summed E-state index contributed by atoms with van der Waals surface area (Å²) >= 11 is 0. The summed E-state index contributed by atoms with van der Waals surface area (Å²) in [6.45, 7) is 9.40. The Morgan fingerprint density at radius 1 is 1.24 bits per heavy atom. The van der Waals surface area contributed by atoms with Gasteiger partial charge in [-0.25, -0.2) is 9.64 Å². The molecule has 0 spiro atoms. The lowest BCUT2D eigenvalue weighted by molar-refractivity contribution is 0.0687. The summed E-state index contributed by atoms with van der Waals surface area (Å²) in [7, 11) is 3.36. The monoisotopic (exact) mass is 336 g/mol. The van der Waals surface area contributed by atoms with Crippen molar-refractivity contribution in [2.75, 3.05) is 0 Å². The fourth-order valence-electron chi connectivity index (χ4n) is 2.95. The number of rotatable bonds is 4. The summed E-state index contributed by atoms with van der Waals surface area (Å²) in [4.78, 5) is 16.7. The van der Waals surface area contributed by atoms with Gasteiger partial charge in [0.05, 0.1) is 13.6 Å². The number of hydrogen-bond acceptors (Lipinski definition) is 4. The highest BCUT2D eigenvalue weighted by molar-refractivity contribution is 6.00. The molecule has 0 aliphatic rings. The molecule has 0 fully saturated rings. The van der Waals surface area contributed by atoms with Crippen LogP contribution in [-0.2, 0) is 20.5 Å². The van der Waals surface area contributed by atoms with Crippen molar-refractivity contribution in [3.63, 3.8) is 0 Å². The molecule has 0 saturated heterocycles. The van der Waals surface area contributed by atoms with Crippen LogP contribution in [0.3, 0.4) is 0 Å². The number of aromatic carboxylic acids is 1. The first-order valence-electron chi connectivity index (χ1n) is 7.65. The number of benzene rings is 1. The minimum atomic E-state index is -1.05. The molecule has 0 unspecified atom stereocenters. The Kier molecular flexibility index (Phi) is 4.07. The van der Waals surface area contributed by atoms with Gasteiger partial charge in [0.2, 0.25) is 11.5 Å². The highest BCUT2D eigenvalue weighted by Gasteiger charge is 2.25. The van der Waals surface area contributed by atoms with Crippen LogP contribution in [-0.4, -0.2) is 35.9 Å². The average Bonchev–Trinajstić information content (AvgIpc) is 3.15. The van der Waals surface area contributed by atoms with Crippen LogP contribution < -0.4 is 0 Å². The smallest absolute Gasteiger partial charge is 0.351 e. The predicted molar refractivity (Wildman–Crippen MR) is 91.2 cm³/mol. The number of aryl methyl sites for hydroxylation is 1. The highest BCUT2D eigenvalue weighted by Crippen LogP contribution is 2.39. The van der Waals surface area contributed by atoms with Crippen LogP contribution in [0.15, 0.2) is 24.3 Å². The van der Waals surface area contributed by atoms with E-state index in [-0.39, 0.29) is 5.69 Å². The van der Waals surface area contributed by atoms with E-state index in [1.54, 1.807) is 42.9 Å². The van der Waals surface area contributed by atoms with Gasteiger partial charge in [-0.1, -0.05) is 31.2 Å². The Morgan fingerprint density at radius 2 is 1.88 bits per heavy atom. The maximum absolute atomic E-state index is 11.7. The third-order valence-corrected chi connectivity index (χ3v) is 4.08. The Hall–Kier alpha value is -3.47. The SMILES string of the molecule is [C-]#[N+]c1c(-c2ccc(-c3nnn(C)n3)cc2)c(C(=O)O)n(C)c1CC. The molecule has 3 aromatic rings. The van der Waals surface area contributed by atoms with Gasteiger partial charge in [-0.05, 0) is 17.2 Å². The first-order valence-corrected chi connectivity index (χ1v) is 7.65. The zero-order chi connectivity index (χ0) is 18.1. The summed E-state index contributed by atoms with van der Waals surface area (Å²) in [5.74, 6) is -0.568. The predicted octanol–water partition coefficient (Wildman–Crippen LogP) is 2.69. The van der Waals surface area contributed by atoms with Crippen molar-refractivity contribution in [1.82, 2.24) is 24.8 Å². The van der Waals surface area contributed by atoms with Crippen molar-refractivity contribution in [1.29, 1.82) is 0 Å². The van der Waals surface area contributed by atoms with Crippen LogP contribution in [0.4, 0.5) is 5.69 Å². The molecule has 0 saturated carbocycles. The van der Waals surface area contributed by atoms with Crippen LogP contribution >= 0.6 is 0 Å². The molecule has 0 bridgehead atoms. The summed E-state index contributed by atoms with van der Waals surface area (Å²) in [6.07, 6.45) is 0.579. The third-order valence-electron chi connectivity index (χ3n) is 4.08. The molecule has 0 aliphatic carbocycles. The third kappa shape index (κ3) is 2.65. The van der Waals surface area contributed by atoms with Crippen LogP contribution in [0.25, 0.3) is 27.4 Å². The lowest BCUT2D eigenvalue weighted by atomic mass is 10.0. The van der Waals surface area contributed by atoms with Crippen LogP contribution in [0, 0.1) is 6.57 Å². The van der Waals surface area contributed by atoms with Gasteiger partial charge in [-0.15, -0.1) is 10.2 Å². The highest BCUT2D eigenvalue weighted by atomic mass is 16.4. The van der Waals surface area contributed by atoms with E-state index in [9.17, 15) is 9.90 Å². The minimum Gasteiger partial charge on any atom is -0.477 e. The molecule has 2 aromatic heterocycles. The summed E-state index contributed by atoms with van der Waals surface area (Å²) in [5, 5.41) is 21.5. The van der Waals surface area contributed by atoms with E-state index in [4.69, 9.17) is 6.57 Å². The Morgan fingerprint density at radius 3 is 2.36 bits per heavy atom. The first-order chi connectivity index (χ1) is 12.0. The van der Waals surface area contributed by atoms with E-state index >= 15 is 0 Å². The molecule has 1 aromatic carbocycles. The number of carboxylic acid groups (broad SMARTS) is 1. The standard InChI is InChI=1S/C17H16N6O2/c1-5-12-14(18-2)13(15(17(24)25)22(12)3)10-6-8-11(9-7-10)16-19-21-23(4)20-16/h6-9H,5H2,1,3-4H3,(H,24,25). The van der Waals surface area contributed by atoms with E-state index in [1.165, 1.54) is 4.80 Å². The number of nitrogens with zero attached hydrogens (tertiary/aromatic N) is 6. The lowest BCUT2D eigenvalue weighted by Gasteiger charge is -2.05. The number of carbonyl (C=O) groups is 1. The lowest BCUT2D eigenvalue weighted by Crippen LogP contribution is -2.07. The zero-order valence-corrected chi connectivity index (χ0v) is 14.1. The van der Waals surface area contributed by atoms with Crippen molar-refractivity contribution < 1.29 is 9.90 Å². The second-order valence-electron chi connectivity index (χ2n) is 5.53. The molecule has 126 valence electrons. The van der Waals surface area contributed by atoms with Gasteiger partial charge in [0.1, 0.15) is 5.69 Å². The molecular weight excluding hydrogens is 320 g/mol. The van der Waals surface area contributed by atoms with Crippen molar-refractivity contribution in [3.8, 4) is 22.5 Å². The Balaban J connectivity index is 2.16. The maximum atomic E-state index is 11.7. The molecule has 0 aliphatic heterocycles. The Labute approximate surface area is 144 Å². The number of aromatic nitrogens is 5. The largest absolute Gasteiger partial charge is 0.477 e. The maximum Gasteiger partial charge on any atom is 0.351 e. The van der Waals surface area contributed by atoms with E-state index < -0.39 is 5.97 Å². The minimum absolute atomic E-state index is 0.119. The van der Waals surface area contributed by atoms with E-state index in [2.05, 4.69) is 20.3 Å². The number of carboxylic acids is 1. The molecule has 1 N–H and O–H groups in total. The van der Waals surface area contributed by atoms with Gasteiger partial charge in [-0.3, -0.25) is 0 Å². The van der Waals surface area contributed by atoms with Gasteiger partial charge in [0.15, 0.2) is 0 Å². The molecule has 0 radical (unpaired) electrons. The van der Waals surface area contributed by atoms with Crippen molar-refractivity contribution >= 4 is 11.7 Å². The molecule has 0 atom stereocenters. The molecule has 0 amide bonds. The van der Waals surface area contributed by atoms with Gasteiger partial charge < -0.3 is 9.67 Å². The summed E-state index contributed by atoms with van der Waals surface area (Å²) < 4.78 is 1.59. The topological polar surface area (TPSA) is 90.2 Å². The number of tetrazole rings is 1. The van der Waals surface area contributed by atoms with Crippen molar-refractivity contribution in [3.05, 3.63) is 47.1 Å². The Bertz CT molecular complexity index is 992. The van der Waals surface area contributed by atoms with Gasteiger partial charge >= 0.3 is 5.97 Å². The summed E-state index contributed by atoms with van der Waals surface area (Å²) in [6, 6.07) is 7.15. The molecule has 3 rings (SSSR count). The molecule has 2 heterocycles. The van der Waals surface area contributed by atoms with Gasteiger partial charge in [-0.2, -0.15) is 4.80 Å². The molecule has 8 nitrogen and oxygen atoms in total. The average molecular weight is 336 g/mol. The fourth-order valence-corrected chi connectivity index (χ4v) is 2.95. The van der Waals surface area contributed by atoms with Gasteiger partial charge in [0, 0.05) is 23.9 Å². The van der Waals surface area contributed by atoms with Crippen LogP contribution in [0.5, 0.6) is 0 Å².